The molecule has 0 unspecified atom stereocenters. The van der Waals surface area contributed by atoms with Crippen LogP contribution in [0.1, 0.15) is 11.1 Å². The molecule has 0 radical (unpaired) electrons. The summed E-state index contributed by atoms with van der Waals surface area (Å²) < 4.78 is 4.11. The van der Waals surface area contributed by atoms with E-state index in [2.05, 4.69) is 76.6 Å². The summed E-state index contributed by atoms with van der Waals surface area (Å²) in [6.45, 7) is 2.08. The number of para-hydroxylation sites is 2. The number of hydrazone groups is 1. The zero-order valence-corrected chi connectivity index (χ0v) is 24.7. The van der Waals surface area contributed by atoms with Crippen molar-refractivity contribution in [3.8, 4) is 28.2 Å². The SMILES string of the molecule is Cc1ccc(-n2c(-c3ccccc3)cc(C=NNC(=O)Cn3c4ccccc4c(=O)c4ccccc43)c2-c2ccccc2)cc1. The molecule has 0 fully saturated rings. The molecule has 45 heavy (non-hydrogen) atoms. The molecule has 0 aliphatic heterocycles. The second kappa shape index (κ2) is 11.9. The second-order valence-corrected chi connectivity index (χ2v) is 11.0. The highest BCUT2D eigenvalue weighted by molar-refractivity contribution is 5.96. The average molecular weight is 587 g/mol. The molecular formula is C39H30N4O2. The third-order valence-electron chi connectivity index (χ3n) is 8.01. The molecule has 0 aliphatic carbocycles. The Balaban J connectivity index is 1.28. The van der Waals surface area contributed by atoms with Gasteiger partial charge in [-0.1, -0.05) is 103 Å². The summed E-state index contributed by atoms with van der Waals surface area (Å²) in [6.07, 6.45) is 1.71. The molecule has 0 aliphatic rings. The zero-order valence-electron chi connectivity index (χ0n) is 24.7. The second-order valence-electron chi connectivity index (χ2n) is 11.0. The molecule has 2 aromatic heterocycles. The molecule has 0 saturated carbocycles. The minimum Gasteiger partial charge on any atom is -0.331 e. The molecule has 5 aromatic carbocycles. The normalized spacial score (nSPS) is 11.4. The third-order valence-corrected chi connectivity index (χ3v) is 8.01. The van der Waals surface area contributed by atoms with Crippen LogP contribution >= 0.6 is 0 Å². The largest absolute Gasteiger partial charge is 0.331 e. The number of aromatic nitrogens is 2. The van der Waals surface area contributed by atoms with E-state index in [4.69, 9.17) is 0 Å². The number of carbonyl (C=O) groups is 1. The fourth-order valence-electron chi connectivity index (χ4n) is 5.90. The van der Waals surface area contributed by atoms with Gasteiger partial charge in [0.1, 0.15) is 6.54 Å². The van der Waals surface area contributed by atoms with Gasteiger partial charge in [0.2, 0.25) is 0 Å². The first-order valence-electron chi connectivity index (χ1n) is 14.8. The van der Waals surface area contributed by atoms with Crippen molar-refractivity contribution in [3.05, 3.63) is 161 Å². The van der Waals surface area contributed by atoms with Gasteiger partial charge in [-0.3, -0.25) is 9.59 Å². The fourth-order valence-corrected chi connectivity index (χ4v) is 5.90. The predicted octanol–water partition coefficient (Wildman–Crippen LogP) is 7.74. The minimum atomic E-state index is -0.298. The molecule has 0 bridgehead atoms. The number of nitrogens with zero attached hydrogens (tertiary/aromatic N) is 3. The van der Waals surface area contributed by atoms with E-state index in [-0.39, 0.29) is 17.9 Å². The Hall–Kier alpha value is -6.01. The van der Waals surface area contributed by atoms with Crippen molar-refractivity contribution in [1.29, 1.82) is 0 Å². The summed E-state index contributed by atoms with van der Waals surface area (Å²) in [4.78, 5) is 26.5. The molecule has 218 valence electrons. The smallest absolute Gasteiger partial charge is 0.260 e. The number of pyridine rings is 1. The van der Waals surface area contributed by atoms with Crippen LogP contribution in [0.4, 0.5) is 0 Å². The van der Waals surface area contributed by atoms with Crippen LogP contribution < -0.4 is 10.9 Å². The van der Waals surface area contributed by atoms with Gasteiger partial charge in [-0.2, -0.15) is 5.10 Å². The average Bonchev–Trinajstić information content (AvgIpc) is 3.47. The van der Waals surface area contributed by atoms with Crippen molar-refractivity contribution in [2.45, 2.75) is 13.5 Å². The number of rotatable bonds is 7. The van der Waals surface area contributed by atoms with E-state index in [0.29, 0.717) is 21.8 Å². The molecule has 7 rings (SSSR count). The van der Waals surface area contributed by atoms with E-state index in [1.54, 1.807) is 18.3 Å². The van der Waals surface area contributed by atoms with Gasteiger partial charge in [-0.05, 0) is 60.5 Å². The summed E-state index contributed by atoms with van der Waals surface area (Å²) in [5.74, 6) is -0.298. The Morgan fingerprint density at radius 2 is 1.27 bits per heavy atom. The molecule has 0 saturated heterocycles. The highest BCUT2D eigenvalue weighted by Crippen LogP contribution is 2.35. The summed E-state index contributed by atoms with van der Waals surface area (Å²) in [7, 11) is 0. The van der Waals surface area contributed by atoms with Crippen molar-refractivity contribution in [3.63, 3.8) is 0 Å². The lowest BCUT2D eigenvalue weighted by Crippen LogP contribution is -2.25. The van der Waals surface area contributed by atoms with E-state index in [9.17, 15) is 9.59 Å². The number of fused-ring (bicyclic) bond motifs is 2. The first-order chi connectivity index (χ1) is 22.1. The first kappa shape index (κ1) is 27.8. The molecule has 1 N–H and O–H groups in total. The Labute approximate surface area is 260 Å². The summed E-state index contributed by atoms with van der Waals surface area (Å²) in [5, 5.41) is 5.59. The van der Waals surface area contributed by atoms with Gasteiger partial charge in [0.25, 0.3) is 5.91 Å². The van der Waals surface area contributed by atoms with Crippen molar-refractivity contribution in [1.82, 2.24) is 14.6 Å². The maximum absolute atomic E-state index is 13.3. The van der Waals surface area contributed by atoms with Crippen LogP contribution in [0.15, 0.2) is 149 Å². The highest BCUT2D eigenvalue weighted by atomic mass is 16.2. The van der Waals surface area contributed by atoms with Gasteiger partial charge in [0.15, 0.2) is 5.43 Å². The molecular weight excluding hydrogens is 556 g/mol. The van der Waals surface area contributed by atoms with E-state index in [1.165, 1.54) is 5.56 Å². The van der Waals surface area contributed by atoms with E-state index in [1.807, 2.05) is 77.4 Å². The lowest BCUT2D eigenvalue weighted by molar-refractivity contribution is -0.121. The van der Waals surface area contributed by atoms with Crippen molar-refractivity contribution in [2.24, 2.45) is 5.10 Å². The zero-order chi connectivity index (χ0) is 30.8. The van der Waals surface area contributed by atoms with Crippen LogP contribution in [0, 0.1) is 6.92 Å². The van der Waals surface area contributed by atoms with E-state index >= 15 is 0 Å². The van der Waals surface area contributed by atoms with Crippen LogP contribution in [-0.4, -0.2) is 21.3 Å². The lowest BCUT2D eigenvalue weighted by Gasteiger charge is -2.15. The summed E-state index contributed by atoms with van der Waals surface area (Å²) >= 11 is 0. The van der Waals surface area contributed by atoms with Crippen molar-refractivity contribution < 1.29 is 4.79 Å². The first-order valence-corrected chi connectivity index (χ1v) is 14.8. The van der Waals surface area contributed by atoms with Crippen LogP contribution in [-0.2, 0) is 11.3 Å². The number of benzene rings is 5. The van der Waals surface area contributed by atoms with Crippen LogP contribution in [0.5, 0.6) is 0 Å². The molecule has 7 aromatic rings. The predicted molar refractivity (Wildman–Crippen MR) is 183 cm³/mol. The Bertz CT molecular complexity index is 2190. The number of hydrogen-bond acceptors (Lipinski definition) is 3. The topological polar surface area (TPSA) is 68.4 Å². The standard InChI is InChI=1S/C39H30N4O2/c1-27-20-22-31(23-21-27)43-36(28-12-4-2-5-13-28)24-30(38(43)29-14-6-3-7-15-29)25-40-41-37(44)26-42-34-18-10-8-16-32(34)39(45)33-17-9-11-19-35(33)42/h2-25H,26H2,1H3,(H,41,44). The Morgan fingerprint density at radius 1 is 0.711 bits per heavy atom. The molecule has 0 atom stereocenters. The van der Waals surface area contributed by atoms with Crippen LogP contribution in [0.25, 0.3) is 50.0 Å². The van der Waals surface area contributed by atoms with Gasteiger partial charge < -0.3 is 9.13 Å². The van der Waals surface area contributed by atoms with Gasteiger partial charge in [-0.25, -0.2) is 5.43 Å². The van der Waals surface area contributed by atoms with Crippen molar-refractivity contribution >= 4 is 33.9 Å². The number of hydrogen-bond donors (Lipinski definition) is 1. The number of nitrogens with one attached hydrogen (secondary N) is 1. The monoisotopic (exact) mass is 586 g/mol. The number of amides is 1. The quantitative estimate of drug-likeness (QED) is 0.118. The van der Waals surface area contributed by atoms with Crippen LogP contribution in [0.3, 0.4) is 0 Å². The van der Waals surface area contributed by atoms with Gasteiger partial charge >= 0.3 is 0 Å². The molecule has 2 heterocycles. The summed E-state index contributed by atoms with van der Waals surface area (Å²) in [6, 6.07) is 45.8. The molecule has 1 amide bonds. The Morgan fingerprint density at radius 3 is 1.89 bits per heavy atom. The Kier molecular flexibility index (Phi) is 7.37. The fraction of sp³-hybridized carbons (Fsp3) is 0.0513. The van der Waals surface area contributed by atoms with Gasteiger partial charge in [-0.15, -0.1) is 0 Å². The number of carbonyl (C=O) groups excluding carboxylic acids is 1. The molecule has 6 nitrogen and oxygen atoms in total. The lowest BCUT2D eigenvalue weighted by atomic mass is 10.1. The maximum atomic E-state index is 13.3. The van der Waals surface area contributed by atoms with Gasteiger partial charge in [0.05, 0.1) is 28.6 Å². The van der Waals surface area contributed by atoms with Crippen LogP contribution in [0.2, 0.25) is 0 Å². The van der Waals surface area contributed by atoms with E-state index in [0.717, 1.165) is 33.8 Å². The minimum absolute atomic E-state index is 0.00380. The maximum Gasteiger partial charge on any atom is 0.260 e. The molecule has 6 heteroatoms. The van der Waals surface area contributed by atoms with Gasteiger partial charge in [0, 0.05) is 22.0 Å². The molecule has 0 spiro atoms. The van der Waals surface area contributed by atoms with E-state index < -0.39 is 0 Å². The summed E-state index contributed by atoms with van der Waals surface area (Å²) in [5.41, 5.74) is 11.2. The van der Waals surface area contributed by atoms with Crippen molar-refractivity contribution in [2.75, 3.05) is 0 Å². The highest BCUT2D eigenvalue weighted by Gasteiger charge is 2.19. The third kappa shape index (κ3) is 5.34. The number of aryl methyl sites for hydroxylation is 1.